The Morgan fingerprint density at radius 2 is 1.21 bits per heavy atom. The van der Waals surface area contributed by atoms with Gasteiger partial charge in [0, 0.05) is 11.5 Å². The summed E-state index contributed by atoms with van der Waals surface area (Å²) in [5, 5.41) is 0. The van der Waals surface area contributed by atoms with Crippen LogP contribution < -0.4 is 0 Å². The van der Waals surface area contributed by atoms with Gasteiger partial charge in [0.1, 0.15) is 13.2 Å². The minimum absolute atomic E-state index is 0.386. The van der Waals surface area contributed by atoms with E-state index >= 15 is 0 Å². The Hall–Kier alpha value is 0.220. The molecule has 24 heavy (non-hydrogen) atoms. The fourth-order valence-electron chi connectivity index (χ4n) is 1.47. The topological polar surface area (TPSA) is 52.6 Å². The minimum atomic E-state index is -1.88. The van der Waals surface area contributed by atoms with E-state index in [0.29, 0.717) is 32.6 Å². The summed E-state index contributed by atoms with van der Waals surface area (Å²) in [7, 11) is -3.76. The monoisotopic (exact) mass is 440 g/mol. The molecule has 0 aliphatic heterocycles. The van der Waals surface area contributed by atoms with Crippen LogP contribution in [0.3, 0.4) is 0 Å². The fourth-order valence-corrected chi connectivity index (χ4v) is 5.33. The summed E-state index contributed by atoms with van der Waals surface area (Å²) >= 11 is 12.9. The Balaban J connectivity index is 2.43. The molecule has 130 valence electrons. The third kappa shape index (κ3) is 8.54. The lowest BCUT2D eigenvalue weighted by Crippen LogP contribution is -1.90. The quantitative estimate of drug-likeness (QED) is 0.311. The molecule has 1 rings (SSSR count). The molecule has 0 amide bonds. The van der Waals surface area contributed by atoms with Crippen LogP contribution in [0.15, 0.2) is 24.3 Å². The highest BCUT2D eigenvalue weighted by atomic mass is 32.2. The van der Waals surface area contributed by atoms with Crippen LogP contribution in [0.4, 0.5) is 0 Å². The molecule has 0 bridgehead atoms. The lowest BCUT2D eigenvalue weighted by Gasteiger charge is -2.01. The van der Waals surface area contributed by atoms with Crippen molar-refractivity contribution < 1.29 is 18.2 Å². The van der Waals surface area contributed by atoms with Crippen LogP contribution in [0, 0.1) is 0 Å². The lowest BCUT2D eigenvalue weighted by atomic mass is 10.2. The number of rotatable bonds is 10. The van der Waals surface area contributed by atoms with Crippen molar-refractivity contribution in [2.75, 3.05) is 13.2 Å². The fraction of sp³-hybridized carbons (Fsp3) is 0.429. The van der Waals surface area contributed by atoms with E-state index in [2.05, 4.69) is 0 Å². The smallest absolute Gasteiger partial charge is 0.141 e. The van der Waals surface area contributed by atoms with E-state index in [1.807, 2.05) is 24.3 Å². The Bertz CT molecular complexity index is 554. The van der Waals surface area contributed by atoms with E-state index in [0.717, 1.165) is 11.1 Å². The summed E-state index contributed by atoms with van der Waals surface area (Å²) in [6, 6.07) is 7.96. The zero-order valence-corrected chi connectivity index (χ0v) is 18.4. The summed E-state index contributed by atoms with van der Waals surface area (Å²) < 4.78 is 33.9. The highest BCUT2D eigenvalue weighted by Gasteiger charge is 2.26. The van der Waals surface area contributed by atoms with Crippen LogP contribution in [0.5, 0.6) is 0 Å². The second-order valence-corrected chi connectivity index (χ2v) is 11.2. The molecule has 10 heteroatoms. The third-order valence-electron chi connectivity index (χ3n) is 2.54. The summed E-state index contributed by atoms with van der Waals surface area (Å²) in [5.74, 6) is 1.30. The normalized spacial score (nSPS) is 11.9. The van der Waals surface area contributed by atoms with E-state index in [4.69, 9.17) is 33.5 Å². The maximum Gasteiger partial charge on any atom is 0.567 e. The largest absolute Gasteiger partial charge is 0.567 e. The average molecular weight is 441 g/mol. The number of thiocarbonyl (C=S) groups is 2. The zero-order valence-electron chi connectivity index (χ0n) is 13.3. The predicted molar refractivity (Wildman–Crippen MR) is 113 cm³/mol. The van der Waals surface area contributed by atoms with E-state index in [9.17, 15) is 9.13 Å². The Morgan fingerprint density at radius 1 is 0.875 bits per heavy atom. The van der Waals surface area contributed by atoms with Crippen molar-refractivity contribution in [3.63, 3.8) is 0 Å². The van der Waals surface area contributed by atoms with Crippen LogP contribution >= 0.6 is 64.0 Å². The van der Waals surface area contributed by atoms with Gasteiger partial charge in [0.15, 0.2) is 0 Å². The number of hydrogen-bond acceptors (Lipinski definition) is 8. The van der Waals surface area contributed by atoms with Crippen LogP contribution in [0.25, 0.3) is 0 Å². The molecule has 0 saturated carbocycles. The van der Waals surface area contributed by atoms with Crippen molar-refractivity contribution in [3.8, 4) is 0 Å². The van der Waals surface area contributed by atoms with E-state index in [1.54, 1.807) is 13.8 Å². The van der Waals surface area contributed by atoms with Gasteiger partial charge in [-0.3, -0.25) is 0 Å². The van der Waals surface area contributed by atoms with Gasteiger partial charge < -0.3 is 0 Å². The van der Waals surface area contributed by atoms with E-state index in [1.165, 1.54) is 23.5 Å². The third-order valence-corrected chi connectivity index (χ3v) is 8.84. The molecule has 0 aliphatic rings. The highest BCUT2D eigenvalue weighted by Crippen LogP contribution is 2.34. The second kappa shape index (κ2) is 12.6. The molecule has 0 radical (unpaired) electrons. The predicted octanol–water partition coefficient (Wildman–Crippen LogP) is 6.28. The van der Waals surface area contributed by atoms with Crippen LogP contribution in [0.2, 0.25) is 0 Å². The highest BCUT2D eigenvalue weighted by molar-refractivity contribution is 8.33. The van der Waals surface area contributed by atoms with Crippen molar-refractivity contribution in [1.82, 2.24) is 0 Å². The molecular weight excluding hydrogens is 422 g/mol. The first-order valence-corrected chi connectivity index (χ1v) is 12.2. The Labute approximate surface area is 163 Å². The molecule has 0 spiro atoms. The molecular formula is C14H18O4P2S4+2. The van der Waals surface area contributed by atoms with Gasteiger partial charge >= 0.3 is 23.9 Å². The molecule has 0 N–H and O–H groups in total. The molecule has 2 unspecified atom stereocenters. The molecule has 0 fully saturated rings. The standard InChI is InChI=1S/C14H18O4P2S4/c1-3-17-19(15)13(21)23-9-11-5-7-12(8-6-11)10-24-14(22)20(16)18-4-2/h5-8H,3-4,9-10H2,1-2H3/q+2. The van der Waals surface area contributed by atoms with Crippen molar-refractivity contribution >= 4 is 71.9 Å². The van der Waals surface area contributed by atoms with Crippen molar-refractivity contribution in [2.45, 2.75) is 25.4 Å². The maximum atomic E-state index is 11.6. The molecule has 0 heterocycles. The van der Waals surface area contributed by atoms with Gasteiger partial charge in [-0.15, -0.1) is 9.05 Å². The van der Waals surface area contributed by atoms with Crippen molar-refractivity contribution in [3.05, 3.63) is 35.4 Å². The first-order chi connectivity index (χ1) is 11.5. The Morgan fingerprint density at radius 3 is 1.50 bits per heavy atom. The maximum absolute atomic E-state index is 11.6. The first-order valence-electron chi connectivity index (χ1n) is 7.09. The summed E-state index contributed by atoms with van der Waals surface area (Å²) in [4.78, 5) is 0. The molecule has 1 aromatic carbocycles. The first kappa shape index (κ1) is 22.3. The van der Waals surface area contributed by atoms with Crippen LogP contribution in [0.1, 0.15) is 25.0 Å². The van der Waals surface area contributed by atoms with Gasteiger partial charge in [-0.2, -0.15) is 0 Å². The van der Waals surface area contributed by atoms with Gasteiger partial charge in [0.2, 0.25) is 0 Å². The number of hydrogen-bond donors (Lipinski definition) is 0. The van der Waals surface area contributed by atoms with Crippen LogP contribution in [-0.4, -0.2) is 21.1 Å². The molecule has 4 nitrogen and oxygen atoms in total. The summed E-state index contributed by atoms with van der Waals surface area (Å²) in [6.07, 6.45) is 0. The molecule has 0 aromatic heterocycles. The second-order valence-electron chi connectivity index (χ2n) is 4.28. The number of benzene rings is 1. The van der Waals surface area contributed by atoms with E-state index in [-0.39, 0.29) is 0 Å². The van der Waals surface area contributed by atoms with Gasteiger partial charge in [-0.1, -0.05) is 47.8 Å². The summed E-state index contributed by atoms with van der Waals surface area (Å²) in [6.45, 7) is 4.35. The molecule has 0 saturated heterocycles. The zero-order chi connectivity index (χ0) is 17.9. The van der Waals surface area contributed by atoms with Crippen molar-refractivity contribution in [2.24, 2.45) is 0 Å². The summed E-state index contributed by atoms with van der Waals surface area (Å²) in [5.41, 5.74) is 2.16. The van der Waals surface area contributed by atoms with Gasteiger partial charge in [-0.25, -0.2) is 0 Å². The van der Waals surface area contributed by atoms with Crippen LogP contribution in [-0.2, 0) is 29.7 Å². The van der Waals surface area contributed by atoms with Gasteiger partial charge in [0.25, 0.3) is 0 Å². The minimum Gasteiger partial charge on any atom is -0.141 e. The molecule has 2 atom stereocenters. The van der Waals surface area contributed by atoms with Crippen molar-refractivity contribution in [1.29, 1.82) is 0 Å². The molecule has 0 aliphatic carbocycles. The lowest BCUT2D eigenvalue weighted by molar-refractivity contribution is 0.359. The Kier molecular flexibility index (Phi) is 11.6. The SMILES string of the molecule is CCO[P+](=O)C(=S)SCc1ccc(CSC(=S)[P+](=O)OCC)cc1. The van der Waals surface area contributed by atoms with E-state index < -0.39 is 16.1 Å². The number of thioether (sulfide) groups is 2. The van der Waals surface area contributed by atoms with Gasteiger partial charge in [0.05, 0.1) is 0 Å². The average Bonchev–Trinajstić information content (AvgIpc) is 2.58. The van der Waals surface area contributed by atoms with Gasteiger partial charge in [-0.05, 0) is 58.5 Å². The molecule has 1 aromatic rings.